The summed E-state index contributed by atoms with van der Waals surface area (Å²) in [5.41, 5.74) is 7.33. The maximum Gasteiger partial charge on any atom is 0.340 e. The van der Waals surface area contributed by atoms with Crippen molar-refractivity contribution in [1.82, 2.24) is 0 Å². The monoisotopic (exact) mass is 294 g/mol. The van der Waals surface area contributed by atoms with Gasteiger partial charge in [-0.05, 0) is 49.7 Å². The molecule has 2 saturated carbocycles. The summed E-state index contributed by atoms with van der Waals surface area (Å²) in [5, 5.41) is 3.98. The molecule has 0 spiro atoms. The number of nitrogens with two attached hydrogens (primary N) is 1. The fraction of sp³-hybridized carbons (Fsp3) is 0.533. The normalized spacial score (nSPS) is 18.1. The van der Waals surface area contributed by atoms with Gasteiger partial charge < -0.3 is 15.8 Å². The Bertz CT molecular complexity index is 527. The Labute approximate surface area is 123 Å². The van der Waals surface area contributed by atoms with Gasteiger partial charge in [0.1, 0.15) is 0 Å². The number of benzene rings is 1. The van der Waals surface area contributed by atoms with E-state index >= 15 is 0 Å². The number of nitrogens with one attached hydrogen (secondary N) is 1. The van der Waals surface area contributed by atoms with Crippen molar-refractivity contribution in [3.05, 3.63) is 22.7 Å². The molecule has 3 rings (SSSR count). The van der Waals surface area contributed by atoms with Crippen LogP contribution in [0.15, 0.2) is 12.1 Å². The molecular formula is C15H19ClN2O2. The third kappa shape index (κ3) is 2.70. The van der Waals surface area contributed by atoms with Crippen molar-refractivity contribution in [1.29, 1.82) is 0 Å². The Hall–Kier alpha value is -1.42. The molecule has 0 bridgehead atoms. The lowest BCUT2D eigenvalue weighted by Gasteiger charge is -2.22. The van der Waals surface area contributed by atoms with Crippen molar-refractivity contribution in [2.75, 3.05) is 18.2 Å². The van der Waals surface area contributed by atoms with E-state index in [1.165, 1.54) is 32.8 Å². The number of carbonyl (C=O) groups excluding carboxylic acids is 1. The van der Waals surface area contributed by atoms with Gasteiger partial charge in [-0.3, -0.25) is 0 Å². The Balaban J connectivity index is 1.92. The number of hydrogen-bond donors (Lipinski definition) is 2. The zero-order valence-corrected chi connectivity index (χ0v) is 12.2. The highest BCUT2D eigenvalue weighted by Gasteiger charge is 2.42. The van der Waals surface area contributed by atoms with Crippen LogP contribution < -0.4 is 11.1 Å². The van der Waals surface area contributed by atoms with Crippen molar-refractivity contribution in [2.45, 2.75) is 31.7 Å². The summed E-state index contributed by atoms with van der Waals surface area (Å²) in [7, 11) is 1.36. The largest absolute Gasteiger partial charge is 0.465 e. The molecule has 1 aromatic rings. The molecule has 1 aromatic carbocycles. The SMILES string of the molecule is COC(=O)c1cc(N)cc(Cl)c1NC(C1CC1)C1CC1. The summed E-state index contributed by atoms with van der Waals surface area (Å²) >= 11 is 6.28. The van der Waals surface area contributed by atoms with Crippen LogP contribution in [0.25, 0.3) is 0 Å². The van der Waals surface area contributed by atoms with Gasteiger partial charge in [0.15, 0.2) is 0 Å². The minimum absolute atomic E-state index is 0.410. The Kier molecular flexibility index (Phi) is 3.50. The molecule has 108 valence electrons. The number of halogens is 1. The molecule has 0 unspecified atom stereocenters. The van der Waals surface area contributed by atoms with Crippen LogP contribution in [0.5, 0.6) is 0 Å². The third-order valence-corrected chi connectivity index (χ3v) is 4.39. The Morgan fingerprint density at radius 3 is 2.45 bits per heavy atom. The highest BCUT2D eigenvalue weighted by molar-refractivity contribution is 6.34. The molecule has 0 radical (unpaired) electrons. The quantitative estimate of drug-likeness (QED) is 0.646. The lowest BCUT2D eigenvalue weighted by molar-refractivity contribution is 0.0602. The molecular weight excluding hydrogens is 276 g/mol. The number of carbonyl (C=O) groups is 1. The second-order valence-electron chi connectivity index (χ2n) is 5.76. The molecule has 5 heteroatoms. The summed E-state index contributed by atoms with van der Waals surface area (Å²) in [6.07, 6.45) is 5.03. The maximum absolute atomic E-state index is 11.9. The summed E-state index contributed by atoms with van der Waals surface area (Å²) < 4.78 is 4.83. The van der Waals surface area contributed by atoms with Crippen LogP contribution in [0.2, 0.25) is 5.02 Å². The van der Waals surface area contributed by atoms with E-state index in [-0.39, 0.29) is 0 Å². The van der Waals surface area contributed by atoms with Crippen LogP contribution in [-0.2, 0) is 4.74 Å². The van der Waals surface area contributed by atoms with Gasteiger partial charge in [0.2, 0.25) is 0 Å². The van der Waals surface area contributed by atoms with Crippen molar-refractivity contribution < 1.29 is 9.53 Å². The standard InChI is InChI=1S/C15H19ClN2O2/c1-20-15(19)11-6-10(17)7-12(16)14(11)18-13(8-2-3-8)9-4-5-9/h6-9,13,18H,2-5,17H2,1H3. The number of ether oxygens (including phenoxy) is 1. The molecule has 0 saturated heterocycles. The van der Waals surface area contributed by atoms with E-state index in [0.717, 1.165) is 0 Å². The zero-order chi connectivity index (χ0) is 14.3. The second kappa shape index (κ2) is 5.17. The number of methoxy groups -OCH3 is 1. The highest BCUT2D eigenvalue weighted by Crippen LogP contribution is 2.47. The minimum atomic E-state index is -0.410. The fourth-order valence-electron chi connectivity index (χ4n) is 2.74. The number of nitrogen functional groups attached to an aromatic ring is 1. The van der Waals surface area contributed by atoms with E-state index in [0.29, 0.717) is 39.8 Å². The third-order valence-electron chi connectivity index (χ3n) is 4.09. The van der Waals surface area contributed by atoms with Gasteiger partial charge in [-0.15, -0.1) is 0 Å². The van der Waals surface area contributed by atoms with Gasteiger partial charge in [-0.1, -0.05) is 11.6 Å². The van der Waals surface area contributed by atoms with Gasteiger partial charge in [0.25, 0.3) is 0 Å². The smallest absolute Gasteiger partial charge is 0.340 e. The van der Waals surface area contributed by atoms with Crippen LogP contribution in [0.1, 0.15) is 36.0 Å². The van der Waals surface area contributed by atoms with Crippen LogP contribution in [-0.4, -0.2) is 19.1 Å². The molecule has 2 aliphatic carbocycles. The molecule has 0 amide bonds. The average Bonchev–Trinajstić information content (AvgIpc) is 3.27. The first-order valence-corrected chi connectivity index (χ1v) is 7.42. The Morgan fingerprint density at radius 2 is 1.95 bits per heavy atom. The molecule has 0 atom stereocenters. The number of esters is 1. The number of hydrogen-bond acceptors (Lipinski definition) is 4. The van der Waals surface area contributed by atoms with E-state index < -0.39 is 5.97 Å². The van der Waals surface area contributed by atoms with Crippen LogP contribution in [0.4, 0.5) is 11.4 Å². The predicted octanol–water partition coefficient (Wildman–Crippen LogP) is 3.31. The summed E-state index contributed by atoms with van der Waals surface area (Å²) in [6, 6.07) is 3.71. The van der Waals surface area contributed by atoms with Crippen molar-refractivity contribution in [3.8, 4) is 0 Å². The summed E-state index contributed by atoms with van der Waals surface area (Å²) in [5.74, 6) is 1.01. The van der Waals surface area contributed by atoms with E-state index in [1.54, 1.807) is 12.1 Å². The van der Waals surface area contributed by atoms with E-state index in [9.17, 15) is 4.79 Å². The first-order valence-electron chi connectivity index (χ1n) is 7.04. The molecule has 0 aliphatic heterocycles. The second-order valence-corrected chi connectivity index (χ2v) is 6.17. The van der Waals surface area contributed by atoms with Gasteiger partial charge in [0, 0.05) is 11.7 Å². The van der Waals surface area contributed by atoms with Crippen LogP contribution in [0, 0.1) is 11.8 Å². The van der Waals surface area contributed by atoms with E-state index in [1.807, 2.05) is 0 Å². The molecule has 2 fully saturated rings. The van der Waals surface area contributed by atoms with Gasteiger partial charge >= 0.3 is 5.97 Å². The first-order chi connectivity index (χ1) is 9.60. The number of rotatable bonds is 5. The average molecular weight is 295 g/mol. The first kappa shape index (κ1) is 13.6. The lowest BCUT2D eigenvalue weighted by atomic mass is 10.0. The van der Waals surface area contributed by atoms with E-state index in [4.69, 9.17) is 22.1 Å². The lowest BCUT2D eigenvalue weighted by Crippen LogP contribution is -2.26. The molecule has 2 aliphatic rings. The van der Waals surface area contributed by atoms with Crippen LogP contribution >= 0.6 is 11.6 Å². The number of anilines is 2. The van der Waals surface area contributed by atoms with E-state index in [2.05, 4.69) is 5.32 Å². The van der Waals surface area contributed by atoms with Crippen molar-refractivity contribution in [2.24, 2.45) is 11.8 Å². The van der Waals surface area contributed by atoms with Gasteiger partial charge in [0.05, 0.1) is 23.4 Å². The minimum Gasteiger partial charge on any atom is -0.465 e. The maximum atomic E-state index is 11.9. The molecule has 3 N–H and O–H groups in total. The van der Waals surface area contributed by atoms with Crippen molar-refractivity contribution in [3.63, 3.8) is 0 Å². The zero-order valence-electron chi connectivity index (χ0n) is 11.5. The fourth-order valence-corrected chi connectivity index (χ4v) is 3.03. The van der Waals surface area contributed by atoms with Gasteiger partial charge in [-0.2, -0.15) is 0 Å². The summed E-state index contributed by atoms with van der Waals surface area (Å²) in [6.45, 7) is 0. The Morgan fingerprint density at radius 1 is 1.35 bits per heavy atom. The highest BCUT2D eigenvalue weighted by atomic mass is 35.5. The van der Waals surface area contributed by atoms with Crippen LogP contribution in [0.3, 0.4) is 0 Å². The van der Waals surface area contributed by atoms with Crippen molar-refractivity contribution >= 4 is 28.9 Å². The molecule has 0 aromatic heterocycles. The molecule has 20 heavy (non-hydrogen) atoms. The molecule has 0 heterocycles. The topological polar surface area (TPSA) is 64.3 Å². The predicted molar refractivity (Wildman–Crippen MR) is 80.1 cm³/mol. The molecule has 4 nitrogen and oxygen atoms in total. The summed E-state index contributed by atoms with van der Waals surface area (Å²) in [4.78, 5) is 11.9. The van der Waals surface area contributed by atoms with Gasteiger partial charge in [-0.25, -0.2) is 4.79 Å².